The SMILES string of the molecule is CC(C(=O)Nc1ccc(Cl)cn1)N(C)Cc1c(F)cccc1Cl. The zero-order valence-corrected chi connectivity index (χ0v) is 14.2. The van der Waals surface area contributed by atoms with Crippen molar-refractivity contribution in [3.05, 3.63) is 58.0 Å². The number of carbonyl (C=O) groups excluding carboxylic acids is 1. The fraction of sp³-hybridized carbons (Fsp3) is 0.250. The second kappa shape index (κ2) is 7.73. The van der Waals surface area contributed by atoms with Crippen LogP contribution in [0.3, 0.4) is 0 Å². The summed E-state index contributed by atoms with van der Waals surface area (Å²) in [5.74, 6) is -0.241. The minimum Gasteiger partial charge on any atom is -0.309 e. The minimum atomic E-state index is -0.497. The van der Waals surface area contributed by atoms with Gasteiger partial charge in [0.05, 0.1) is 11.1 Å². The van der Waals surface area contributed by atoms with Gasteiger partial charge in [-0.2, -0.15) is 0 Å². The molecular weight excluding hydrogens is 340 g/mol. The fourth-order valence-electron chi connectivity index (χ4n) is 1.95. The van der Waals surface area contributed by atoms with Gasteiger partial charge < -0.3 is 5.32 Å². The Bertz CT molecular complexity index is 674. The van der Waals surface area contributed by atoms with Gasteiger partial charge in [0.2, 0.25) is 5.91 Å². The summed E-state index contributed by atoms with van der Waals surface area (Å²) in [6.07, 6.45) is 1.45. The number of hydrogen-bond donors (Lipinski definition) is 1. The van der Waals surface area contributed by atoms with Crippen LogP contribution in [0.5, 0.6) is 0 Å². The van der Waals surface area contributed by atoms with Crippen molar-refractivity contribution in [2.45, 2.75) is 19.5 Å². The van der Waals surface area contributed by atoms with Gasteiger partial charge in [0, 0.05) is 23.3 Å². The Balaban J connectivity index is 2.02. The van der Waals surface area contributed by atoms with Crippen molar-refractivity contribution in [2.75, 3.05) is 12.4 Å². The van der Waals surface area contributed by atoms with Gasteiger partial charge in [-0.3, -0.25) is 9.69 Å². The van der Waals surface area contributed by atoms with Crippen LogP contribution in [0.1, 0.15) is 12.5 Å². The van der Waals surface area contributed by atoms with Gasteiger partial charge in [0.25, 0.3) is 0 Å². The number of benzene rings is 1. The molecular formula is C16H16Cl2FN3O. The smallest absolute Gasteiger partial charge is 0.242 e. The van der Waals surface area contributed by atoms with E-state index in [0.29, 0.717) is 21.4 Å². The van der Waals surface area contributed by atoms with Crippen molar-refractivity contribution in [1.29, 1.82) is 0 Å². The molecule has 1 atom stereocenters. The van der Waals surface area contributed by atoms with Gasteiger partial charge in [-0.15, -0.1) is 0 Å². The molecule has 1 aromatic heterocycles. The Hall–Kier alpha value is -1.69. The third-order valence-electron chi connectivity index (χ3n) is 3.49. The van der Waals surface area contributed by atoms with Gasteiger partial charge in [-0.1, -0.05) is 29.3 Å². The summed E-state index contributed by atoms with van der Waals surface area (Å²) in [7, 11) is 1.72. The first-order valence-electron chi connectivity index (χ1n) is 6.94. The van der Waals surface area contributed by atoms with Crippen LogP contribution in [0.2, 0.25) is 10.0 Å². The standard InChI is InChI=1S/C16H16Cl2FN3O/c1-10(16(23)21-15-7-6-11(17)8-20-15)22(2)9-12-13(18)4-3-5-14(12)19/h3-8,10H,9H2,1-2H3,(H,20,21,23). The lowest BCUT2D eigenvalue weighted by atomic mass is 10.1. The van der Waals surface area contributed by atoms with Gasteiger partial charge in [-0.05, 0) is 38.2 Å². The molecule has 0 spiro atoms. The van der Waals surface area contributed by atoms with E-state index in [-0.39, 0.29) is 12.5 Å². The predicted octanol–water partition coefficient (Wildman–Crippen LogP) is 3.99. The normalized spacial score (nSPS) is 12.3. The van der Waals surface area contributed by atoms with Crippen molar-refractivity contribution in [2.24, 2.45) is 0 Å². The van der Waals surface area contributed by atoms with Crippen LogP contribution in [-0.4, -0.2) is 28.9 Å². The fourth-order valence-corrected chi connectivity index (χ4v) is 2.28. The lowest BCUT2D eigenvalue weighted by molar-refractivity contribution is -0.120. The van der Waals surface area contributed by atoms with Crippen molar-refractivity contribution in [3.8, 4) is 0 Å². The van der Waals surface area contributed by atoms with Crippen LogP contribution < -0.4 is 5.32 Å². The molecule has 1 amide bonds. The number of nitrogens with one attached hydrogen (secondary N) is 1. The summed E-state index contributed by atoms with van der Waals surface area (Å²) in [5, 5.41) is 3.51. The third kappa shape index (κ3) is 4.64. The molecule has 0 saturated heterocycles. The first-order valence-corrected chi connectivity index (χ1v) is 7.69. The molecule has 23 heavy (non-hydrogen) atoms. The number of rotatable bonds is 5. The lowest BCUT2D eigenvalue weighted by Crippen LogP contribution is -2.39. The van der Waals surface area contributed by atoms with Gasteiger partial charge in [0.1, 0.15) is 11.6 Å². The molecule has 2 rings (SSSR count). The predicted molar refractivity (Wildman–Crippen MR) is 90.2 cm³/mol. The highest BCUT2D eigenvalue weighted by Gasteiger charge is 2.20. The molecule has 1 N–H and O–H groups in total. The van der Waals surface area contributed by atoms with Crippen LogP contribution >= 0.6 is 23.2 Å². The minimum absolute atomic E-state index is 0.216. The number of carbonyl (C=O) groups is 1. The molecule has 7 heteroatoms. The molecule has 1 unspecified atom stereocenters. The van der Waals surface area contributed by atoms with E-state index in [4.69, 9.17) is 23.2 Å². The van der Waals surface area contributed by atoms with Crippen LogP contribution in [-0.2, 0) is 11.3 Å². The first kappa shape index (κ1) is 17.7. The summed E-state index contributed by atoms with van der Waals surface area (Å²) in [4.78, 5) is 18.0. The highest BCUT2D eigenvalue weighted by Crippen LogP contribution is 2.21. The highest BCUT2D eigenvalue weighted by atomic mass is 35.5. The molecule has 4 nitrogen and oxygen atoms in total. The number of hydrogen-bond acceptors (Lipinski definition) is 3. The number of likely N-dealkylation sites (N-methyl/N-ethyl adjacent to an activating group) is 1. The summed E-state index contributed by atoms with van der Waals surface area (Å²) >= 11 is 11.8. The Kier molecular flexibility index (Phi) is 5.93. The van der Waals surface area contributed by atoms with E-state index in [9.17, 15) is 9.18 Å². The van der Waals surface area contributed by atoms with Crippen LogP contribution in [0, 0.1) is 5.82 Å². The van der Waals surface area contributed by atoms with Crippen molar-refractivity contribution >= 4 is 34.9 Å². The summed E-state index contributed by atoms with van der Waals surface area (Å²) in [5.41, 5.74) is 0.362. The van der Waals surface area contributed by atoms with Crippen LogP contribution in [0.25, 0.3) is 0 Å². The monoisotopic (exact) mass is 355 g/mol. The summed E-state index contributed by atoms with van der Waals surface area (Å²) < 4.78 is 13.8. The maximum Gasteiger partial charge on any atom is 0.242 e. The zero-order chi connectivity index (χ0) is 17.0. The molecule has 0 radical (unpaired) electrons. The van der Waals surface area contributed by atoms with E-state index in [1.165, 1.54) is 12.3 Å². The molecule has 0 aliphatic heterocycles. The number of aromatic nitrogens is 1. The largest absolute Gasteiger partial charge is 0.309 e. The average molecular weight is 356 g/mol. The van der Waals surface area contributed by atoms with Crippen molar-refractivity contribution in [3.63, 3.8) is 0 Å². The Morgan fingerprint density at radius 1 is 1.35 bits per heavy atom. The second-order valence-electron chi connectivity index (χ2n) is 5.14. The highest BCUT2D eigenvalue weighted by molar-refractivity contribution is 6.31. The number of halogens is 3. The van der Waals surface area contributed by atoms with E-state index in [1.54, 1.807) is 43.1 Å². The number of nitrogens with zero attached hydrogens (tertiary/aromatic N) is 2. The lowest BCUT2D eigenvalue weighted by Gasteiger charge is -2.24. The van der Waals surface area contributed by atoms with Gasteiger partial charge in [0.15, 0.2) is 0 Å². The van der Waals surface area contributed by atoms with E-state index in [1.807, 2.05) is 0 Å². The van der Waals surface area contributed by atoms with Gasteiger partial charge >= 0.3 is 0 Å². The number of anilines is 1. The van der Waals surface area contributed by atoms with Crippen molar-refractivity contribution < 1.29 is 9.18 Å². The maximum absolute atomic E-state index is 13.8. The molecule has 0 bridgehead atoms. The summed E-state index contributed by atoms with van der Waals surface area (Å²) in [6, 6.07) is 7.26. The Morgan fingerprint density at radius 3 is 2.70 bits per heavy atom. The molecule has 122 valence electrons. The van der Waals surface area contributed by atoms with Gasteiger partial charge in [-0.25, -0.2) is 9.37 Å². The van der Waals surface area contributed by atoms with E-state index in [0.717, 1.165) is 0 Å². The quantitative estimate of drug-likeness (QED) is 0.881. The number of pyridine rings is 1. The molecule has 0 aliphatic rings. The van der Waals surface area contributed by atoms with E-state index in [2.05, 4.69) is 10.3 Å². The molecule has 1 heterocycles. The topological polar surface area (TPSA) is 45.2 Å². The van der Waals surface area contributed by atoms with Crippen LogP contribution in [0.4, 0.5) is 10.2 Å². The van der Waals surface area contributed by atoms with E-state index >= 15 is 0 Å². The second-order valence-corrected chi connectivity index (χ2v) is 5.99. The van der Waals surface area contributed by atoms with Crippen molar-refractivity contribution in [1.82, 2.24) is 9.88 Å². The maximum atomic E-state index is 13.8. The third-order valence-corrected chi connectivity index (χ3v) is 4.07. The number of amides is 1. The molecule has 0 saturated carbocycles. The first-order chi connectivity index (χ1) is 10.9. The summed E-state index contributed by atoms with van der Waals surface area (Å²) in [6.45, 7) is 1.94. The molecule has 1 aromatic carbocycles. The average Bonchev–Trinajstić information content (AvgIpc) is 2.52. The Labute approximate surface area is 144 Å². The molecule has 0 fully saturated rings. The zero-order valence-electron chi connectivity index (χ0n) is 12.7. The molecule has 0 aliphatic carbocycles. The Morgan fingerprint density at radius 2 is 2.09 bits per heavy atom. The molecule has 2 aromatic rings. The van der Waals surface area contributed by atoms with Crippen LogP contribution in [0.15, 0.2) is 36.5 Å². The van der Waals surface area contributed by atoms with E-state index < -0.39 is 11.9 Å².